The second-order valence-corrected chi connectivity index (χ2v) is 7.14. The number of benzene rings is 1. The summed E-state index contributed by atoms with van der Waals surface area (Å²) in [6, 6.07) is 10.3. The lowest BCUT2D eigenvalue weighted by atomic mass is 10.0. The van der Waals surface area contributed by atoms with Crippen molar-refractivity contribution in [3.05, 3.63) is 35.9 Å². The van der Waals surface area contributed by atoms with Gasteiger partial charge in [0.05, 0.1) is 18.8 Å². The summed E-state index contributed by atoms with van der Waals surface area (Å²) in [7, 11) is 0. The zero-order chi connectivity index (χ0) is 17.6. The molecule has 0 aliphatic carbocycles. The van der Waals surface area contributed by atoms with Gasteiger partial charge in [-0.25, -0.2) is 0 Å². The first-order chi connectivity index (χ1) is 12.2. The first-order valence-corrected chi connectivity index (χ1v) is 9.58. The smallest absolute Gasteiger partial charge is 0.224 e. The number of rotatable bonds is 5. The SMILES string of the molecule is CCN1CCN(CCC(=O)N2C[C@@H](C)OC[C@H]2c2ccccc2)CC1. The number of carbonyl (C=O) groups is 1. The maximum Gasteiger partial charge on any atom is 0.224 e. The highest BCUT2D eigenvalue weighted by Crippen LogP contribution is 2.26. The number of nitrogens with zero attached hydrogens (tertiary/aromatic N) is 3. The number of morpholine rings is 1. The van der Waals surface area contributed by atoms with Crippen LogP contribution in [-0.2, 0) is 9.53 Å². The molecule has 0 bridgehead atoms. The number of carbonyl (C=O) groups excluding carboxylic acids is 1. The molecular formula is C20H31N3O2. The van der Waals surface area contributed by atoms with Crippen LogP contribution in [0.1, 0.15) is 31.9 Å². The lowest BCUT2D eigenvalue weighted by molar-refractivity contribution is -0.145. The topological polar surface area (TPSA) is 36.0 Å². The Labute approximate surface area is 151 Å². The molecule has 25 heavy (non-hydrogen) atoms. The van der Waals surface area contributed by atoms with Crippen molar-refractivity contribution in [3.8, 4) is 0 Å². The van der Waals surface area contributed by atoms with Gasteiger partial charge in [0.2, 0.25) is 5.91 Å². The molecular weight excluding hydrogens is 314 g/mol. The molecule has 1 aromatic carbocycles. The molecule has 1 amide bonds. The summed E-state index contributed by atoms with van der Waals surface area (Å²) in [5.74, 6) is 0.252. The quantitative estimate of drug-likeness (QED) is 0.818. The molecule has 2 saturated heterocycles. The molecule has 0 spiro atoms. The Balaban J connectivity index is 1.57. The Kier molecular flexibility index (Phi) is 6.45. The van der Waals surface area contributed by atoms with Crippen molar-refractivity contribution in [1.82, 2.24) is 14.7 Å². The van der Waals surface area contributed by atoms with Gasteiger partial charge < -0.3 is 19.4 Å². The van der Waals surface area contributed by atoms with Gasteiger partial charge in [0, 0.05) is 45.7 Å². The minimum Gasteiger partial charge on any atom is -0.374 e. The molecule has 0 saturated carbocycles. The molecule has 2 fully saturated rings. The van der Waals surface area contributed by atoms with E-state index in [2.05, 4.69) is 28.9 Å². The van der Waals surface area contributed by atoms with Gasteiger partial charge >= 0.3 is 0 Å². The summed E-state index contributed by atoms with van der Waals surface area (Å²) in [4.78, 5) is 19.8. The zero-order valence-electron chi connectivity index (χ0n) is 15.6. The number of piperazine rings is 1. The van der Waals surface area contributed by atoms with Gasteiger partial charge in [0.15, 0.2) is 0 Å². The van der Waals surface area contributed by atoms with Crippen molar-refractivity contribution < 1.29 is 9.53 Å². The van der Waals surface area contributed by atoms with Crippen molar-refractivity contribution in [2.75, 3.05) is 52.4 Å². The van der Waals surface area contributed by atoms with E-state index in [1.165, 1.54) is 5.56 Å². The number of ether oxygens (including phenoxy) is 1. The highest BCUT2D eigenvalue weighted by Gasteiger charge is 2.31. The molecule has 0 aromatic heterocycles. The van der Waals surface area contributed by atoms with Gasteiger partial charge in [-0.2, -0.15) is 0 Å². The van der Waals surface area contributed by atoms with Crippen molar-refractivity contribution in [1.29, 1.82) is 0 Å². The number of hydrogen-bond acceptors (Lipinski definition) is 4. The molecule has 2 aliphatic heterocycles. The number of hydrogen-bond donors (Lipinski definition) is 0. The largest absolute Gasteiger partial charge is 0.374 e. The van der Waals surface area contributed by atoms with Crippen LogP contribution in [0.25, 0.3) is 0 Å². The average molecular weight is 345 g/mol. The van der Waals surface area contributed by atoms with E-state index in [0.717, 1.165) is 39.3 Å². The first-order valence-electron chi connectivity index (χ1n) is 9.58. The van der Waals surface area contributed by atoms with Gasteiger partial charge in [-0.15, -0.1) is 0 Å². The van der Waals surface area contributed by atoms with Crippen molar-refractivity contribution >= 4 is 5.91 Å². The maximum atomic E-state index is 12.9. The molecule has 5 nitrogen and oxygen atoms in total. The Hall–Kier alpha value is -1.43. The number of likely N-dealkylation sites (N-methyl/N-ethyl adjacent to an activating group) is 1. The lowest BCUT2D eigenvalue weighted by Gasteiger charge is -2.40. The van der Waals surface area contributed by atoms with Crippen LogP contribution in [0.5, 0.6) is 0 Å². The molecule has 3 rings (SSSR count). The summed E-state index contributed by atoms with van der Waals surface area (Å²) < 4.78 is 5.83. The minimum atomic E-state index is 0.0434. The van der Waals surface area contributed by atoms with Gasteiger partial charge in [0.1, 0.15) is 0 Å². The van der Waals surface area contributed by atoms with E-state index < -0.39 is 0 Å². The number of amides is 1. The predicted octanol–water partition coefficient (Wildman–Crippen LogP) is 2.00. The van der Waals surface area contributed by atoms with Crippen LogP contribution in [0, 0.1) is 0 Å². The van der Waals surface area contributed by atoms with E-state index in [4.69, 9.17) is 4.74 Å². The van der Waals surface area contributed by atoms with E-state index in [0.29, 0.717) is 19.6 Å². The Morgan fingerprint density at radius 1 is 1.12 bits per heavy atom. The van der Waals surface area contributed by atoms with Gasteiger partial charge in [-0.3, -0.25) is 4.79 Å². The average Bonchev–Trinajstić information content (AvgIpc) is 2.67. The van der Waals surface area contributed by atoms with E-state index in [-0.39, 0.29) is 18.1 Å². The molecule has 5 heteroatoms. The van der Waals surface area contributed by atoms with Crippen molar-refractivity contribution in [3.63, 3.8) is 0 Å². The Morgan fingerprint density at radius 2 is 1.80 bits per heavy atom. The predicted molar refractivity (Wildman–Crippen MR) is 99.5 cm³/mol. The van der Waals surface area contributed by atoms with Crippen molar-refractivity contribution in [2.24, 2.45) is 0 Å². The fraction of sp³-hybridized carbons (Fsp3) is 0.650. The second kappa shape index (κ2) is 8.79. The summed E-state index contributed by atoms with van der Waals surface area (Å²) >= 11 is 0. The zero-order valence-corrected chi connectivity index (χ0v) is 15.6. The van der Waals surface area contributed by atoms with Gasteiger partial charge in [-0.1, -0.05) is 37.3 Å². The van der Waals surface area contributed by atoms with Crippen LogP contribution in [0.2, 0.25) is 0 Å². The fourth-order valence-corrected chi connectivity index (χ4v) is 3.76. The molecule has 2 atom stereocenters. The second-order valence-electron chi connectivity index (χ2n) is 7.14. The molecule has 138 valence electrons. The lowest BCUT2D eigenvalue weighted by Crippen LogP contribution is -2.49. The van der Waals surface area contributed by atoms with Crippen LogP contribution in [0.3, 0.4) is 0 Å². The van der Waals surface area contributed by atoms with Crippen LogP contribution in [0.15, 0.2) is 30.3 Å². The maximum absolute atomic E-state index is 12.9. The normalized spacial score (nSPS) is 25.9. The van der Waals surface area contributed by atoms with Crippen LogP contribution >= 0.6 is 0 Å². The van der Waals surface area contributed by atoms with Crippen LogP contribution < -0.4 is 0 Å². The van der Waals surface area contributed by atoms with E-state index in [9.17, 15) is 4.79 Å². The highest BCUT2D eigenvalue weighted by molar-refractivity contribution is 5.77. The molecule has 2 heterocycles. The van der Waals surface area contributed by atoms with Crippen LogP contribution in [0.4, 0.5) is 0 Å². The van der Waals surface area contributed by atoms with E-state index in [1.807, 2.05) is 30.0 Å². The van der Waals surface area contributed by atoms with Gasteiger partial charge in [-0.05, 0) is 19.0 Å². The Morgan fingerprint density at radius 3 is 2.48 bits per heavy atom. The molecule has 1 aromatic rings. The summed E-state index contributed by atoms with van der Waals surface area (Å²) in [6.45, 7) is 11.9. The molecule has 0 radical (unpaired) electrons. The Bertz CT molecular complexity index is 543. The summed E-state index contributed by atoms with van der Waals surface area (Å²) in [5.41, 5.74) is 1.17. The summed E-state index contributed by atoms with van der Waals surface area (Å²) in [5, 5.41) is 0. The summed E-state index contributed by atoms with van der Waals surface area (Å²) in [6.07, 6.45) is 0.708. The standard InChI is InChI=1S/C20H31N3O2/c1-3-21-11-13-22(14-12-21)10-9-20(24)23-15-17(2)25-16-19(23)18-7-5-4-6-8-18/h4-8,17,19H,3,9-16H2,1-2H3/t17-,19+/m1/s1. The van der Waals surface area contributed by atoms with Gasteiger partial charge in [0.25, 0.3) is 0 Å². The first kappa shape index (κ1) is 18.4. The third-order valence-corrected chi connectivity index (χ3v) is 5.43. The minimum absolute atomic E-state index is 0.0434. The fourth-order valence-electron chi connectivity index (χ4n) is 3.76. The van der Waals surface area contributed by atoms with E-state index >= 15 is 0 Å². The van der Waals surface area contributed by atoms with Crippen LogP contribution in [-0.4, -0.2) is 79.1 Å². The third kappa shape index (κ3) is 4.81. The van der Waals surface area contributed by atoms with Crippen molar-refractivity contribution in [2.45, 2.75) is 32.4 Å². The van der Waals surface area contributed by atoms with E-state index in [1.54, 1.807) is 0 Å². The monoisotopic (exact) mass is 345 g/mol. The molecule has 0 N–H and O–H groups in total. The molecule has 0 unspecified atom stereocenters. The molecule has 2 aliphatic rings. The highest BCUT2D eigenvalue weighted by atomic mass is 16.5. The third-order valence-electron chi connectivity index (χ3n) is 5.43.